The number of carbonyl (C=O) groups is 8. The molecule has 2 heterocycles. The summed E-state index contributed by atoms with van der Waals surface area (Å²) in [6, 6.07) is 26.7. The third-order valence-electron chi connectivity index (χ3n) is 17.1. The predicted molar refractivity (Wildman–Crippen MR) is 367 cm³/mol. The maximum Gasteiger partial charge on any atom is 0.315 e. The Kier molecular flexibility index (Phi) is 30.6. The van der Waals surface area contributed by atoms with Gasteiger partial charge in [0.2, 0.25) is 33.7 Å². The fourth-order valence-electron chi connectivity index (χ4n) is 11.6. The number of nitro groups is 1. The molecule has 2 fully saturated rings. The van der Waals surface area contributed by atoms with Gasteiger partial charge in [0.15, 0.2) is 10.7 Å². The number of thioether (sulfide) groups is 1. The van der Waals surface area contributed by atoms with E-state index in [-0.39, 0.29) is 85.7 Å². The second kappa shape index (κ2) is 39.1. The van der Waals surface area contributed by atoms with E-state index in [2.05, 4.69) is 42.5 Å². The van der Waals surface area contributed by atoms with Gasteiger partial charge in [-0.05, 0) is 105 Å². The van der Waals surface area contributed by atoms with Crippen molar-refractivity contribution in [3.63, 3.8) is 0 Å². The number of urea groups is 1. The molecule has 0 saturated carbocycles. The monoisotopic (exact) mass is 1380 g/mol. The second-order valence-corrected chi connectivity index (χ2v) is 28.0. The number of hydrogen-bond donors (Lipinski definition) is 8. The summed E-state index contributed by atoms with van der Waals surface area (Å²) in [7, 11) is -3.00. The Morgan fingerprint density at radius 1 is 0.629 bits per heavy atom. The molecular weight excluding hydrogens is 1290 g/mol. The number of fused-ring (bicyclic) bond motifs is 1. The first-order valence-corrected chi connectivity index (χ1v) is 35.9. The van der Waals surface area contributed by atoms with Gasteiger partial charge in [-0.3, -0.25) is 43.7 Å². The first-order valence-electron chi connectivity index (χ1n) is 33.5. The number of nitrogens with zero attached hydrogens (tertiary/aromatic N) is 2. The van der Waals surface area contributed by atoms with Crippen molar-refractivity contribution < 1.29 is 60.5 Å². The molecule has 22 nitrogen and oxygen atoms in total. The Balaban J connectivity index is 0.672. The molecule has 2 aliphatic heterocycles. The zero-order valence-corrected chi connectivity index (χ0v) is 56.7. The summed E-state index contributed by atoms with van der Waals surface area (Å²) < 4.78 is 55.4. The Bertz CT molecular complexity index is 3590. The number of rotatable bonds is 43. The summed E-state index contributed by atoms with van der Waals surface area (Å²) in [5, 5.41) is 35.4. The van der Waals surface area contributed by atoms with Crippen molar-refractivity contribution in [2.75, 3.05) is 39.0 Å². The van der Waals surface area contributed by atoms with Gasteiger partial charge < -0.3 is 42.5 Å². The minimum Gasteiger partial charge on any atom is -0.356 e. The number of nitrogens with one attached hydrogen (secondary N) is 8. The summed E-state index contributed by atoms with van der Waals surface area (Å²) >= 11 is 1.86. The first kappa shape index (κ1) is 75.9. The van der Waals surface area contributed by atoms with Crippen molar-refractivity contribution in [1.29, 1.82) is 0 Å². The van der Waals surface area contributed by atoms with Crippen LogP contribution in [-0.4, -0.2) is 127 Å². The summed E-state index contributed by atoms with van der Waals surface area (Å²) in [4.78, 5) is 113. The average Bonchev–Trinajstić information content (AvgIpc) is 1.08. The van der Waals surface area contributed by atoms with Crippen LogP contribution in [0.3, 0.4) is 0 Å². The van der Waals surface area contributed by atoms with Crippen LogP contribution in [0.2, 0.25) is 0 Å². The van der Waals surface area contributed by atoms with E-state index >= 15 is 0 Å². The molecule has 2 aliphatic rings. The van der Waals surface area contributed by atoms with E-state index in [9.17, 15) is 65.7 Å². The third-order valence-corrected chi connectivity index (χ3v) is 20.5. The van der Waals surface area contributed by atoms with Gasteiger partial charge in [0.1, 0.15) is 29.5 Å². The molecule has 97 heavy (non-hydrogen) atoms. The molecule has 2 saturated heterocycles. The van der Waals surface area contributed by atoms with Gasteiger partial charge in [-0.25, -0.2) is 26.3 Å². The van der Waals surface area contributed by atoms with Crippen LogP contribution < -0.4 is 42.5 Å². The van der Waals surface area contributed by atoms with E-state index in [0.29, 0.717) is 73.1 Å². The fraction of sp³-hybridized carbons (Fsp3) is 0.465. The lowest BCUT2D eigenvalue weighted by atomic mass is 10.0. The highest BCUT2D eigenvalue weighted by molar-refractivity contribution is 8.00. The topological polar surface area (TPSA) is 313 Å². The lowest BCUT2D eigenvalue weighted by Crippen LogP contribution is -2.49. The minimum atomic E-state index is -4.31. The number of unbranched alkanes of at least 4 members (excludes halogenated alkanes) is 10. The number of benzene rings is 5. The normalized spacial score (nSPS) is 15.5. The predicted octanol–water partition coefficient (Wildman–Crippen LogP) is 9.34. The van der Waals surface area contributed by atoms with Crippen LogP contribution in [-0.2, 0) is 53.5 Å². The van der Waals surface area contributed by atoms with Crippen LogP contribution in [0.15, 0.2) is 120 Å². The van der Waals surface area contributed by atoms with Crippen LogP contribution >= 0.6 is 11.8 Å². The van der Waals surface area contributed by atoms with Crippen LogP contribution in [0.5, 0.6) is 0 Å². The Hall–Kier alpha value is -8.46. The van der Waals surface area contributed by atoms with Crippen molar-refractivity contribution >= 4 is 74.6 Å². The molecule has 5 aromatic carbocycles. The van der Waals surface area contributed by atoms with Gasteiger partial charge in [0, 0.05) is 98.9 Å². The Labute approximate surface area is 570 Å². The van der Waals surface area contributed by atoms with Gasteiger partial charge >= 0.3 is 6.03 Å². The van der Waals surface area contributed by atoms with Gasteiger partial charge in [-0.1, -0.05) is 130 Å². The van der Waals surface area contributed by atoms with Crippen molar-refractivity contribution in [2.45, 2.75) is 176 Å². The minimum absolute atomic E-state index is 0.00588. The number of Topliss-reactive ketones (excluding diaryl/α,β-unsaturated/α-hetero) is 1. The molecular formula is C71H90F2N10O12S2. The summed E-state index contributed by atoms with van der Waals surface area (Å²) in [6.45, 7) is 3.62. The average molecular weight is 1380 g/mol. The molecule has 26 heteroatoms. The molecule has 0 unspecified atom stereocenters. The third kappa shape index (κ3) is 24.9. The highest BCUT2D eigenvalue weighted by Crippen LogP contribution is 2.34. The molecule has 7 rings (SSSR count). The molecule has 0 aromatic heterocycles. The van der Waals surface area contributed by atoms with Crippen molar-refractivity contribution in [3.8, 4) is 0 Å². The SMILES string of the molecule is C[C@H](NC(=O)[C@@H](NC(=O)Cc1cc(F)cc(F)c1)c1ccccc1)C(=O)NCc1ccc(C(=O)c2ccc(CNCCCCCCCCCCC(=O)NCCCN(C)S(=O)(=O)c3ccc(C(=O)NCCCCCC(=O)CCCC[C@@H]4SC[C@@H]5NC(=O)N[C@@H]54)cc3[N+](=O)[O-])cc2)cc1. The van der Waals surface area contributed by atoms with Crippen LogP contribution in [0.25, 0.3) is 0 Å². The number of ketones is 2. The maximum atomic E-state index is 13.7. The summed E-state index contributed by atoms with van der Waals surface area (Å²) in [6.07, 6.45) is 13.9. The lowest BCUT2D eigenvalue weighted by molar-refractivity contribution is -0.387. The van der Waals surface area contributed by atoms with Gasteiger partial charge in [-0.2, -0.15) is 11.8 Å². The number of nitro benzene ring substituents is 1. The van der Waals surface area contributed by atoms with Crippen LogP contribution in [0.1, 0.15) is 177 Å². The van der Waals surface area contributed by atoms with Crippen molar-refractivity contribution in [3.05, 3.63) is 176 Å². The highest BCUT2D eigenvalue weighted by atomic mass is 32.2. The molecule has 522 valence electrons. The van der Waals surface area contributed by atoms with E-state index in [1.165, 1.54) is 20.0 Å². The smallest absolute Gasteiger partial charge is 0.315 e. The van der Waals surface area contributed by atoms with E-state index in [0.717, 1.165) is 123 Å². The number of hydrogen-bond acceptors (Lipinski definition) is 14. The number of amides is 7. The van der Waals surface area contributed by atoms with Crippen molar-refractivity contribution in [1.82, 2.24) is 46.8 Å². The fourth-order valence-corrected chi connectivity index (χ4v) is 14.5. The second-order valence-electron chi connectivity index (χ2n) is 24.7. The Morgan fingerprint density at radius 3 is 1.89 bits per heavy atom. The molecule has 5 aromatic rings. The molecule has 0 bridgehead atoms. The Morgan fingerprint density at radius 2 is 1.22 bits per heavy atom. The number of carbonyl (C=O) groups excluding carboxylic acids is 8. The van der Waals surface area contributed by atoms with Gasteiger partial charge in [0.25, 0.3) is 11.6 Å². The highest BCUT2D eigenvalue weighted by Gasteiger charge is 2.42. The van der Waals surface area contributed by atoms with Crippen molar-refractivity contribution in [2.24, 2.45) is 0 Å². The van der Waals surface area contributed by atoms with Gasteiger partial charge in [0.05, 0.1) is 23.4 Å². The molecule has 0 spiro atoms. The molecule has 5 atom stereocenters. The van der Waals surface area contributed by atoms with Crippen LogP contribution in [0, 0.1) is 21.7 Å². The van der Waals surface area contributed by atoms with E-state index < -0.39 is 72.9 Å². The maximum absolute atomic E-state index is 13.7. The molecule has 8 N–H and O–H groups in total. The van der Waals surface area contributed by atoms with E-state index in [4.69, 9.17) is 0 Å². The van der Waals surface area contributed by atoms with Gasteiger partial charge in [-0.15, -0.1) is 0 Å². The lowest BCUT2D eigenvalue weighted by Gasteiger charge is -2.22. The summed E-state index contributed by atoms with van der Waals surface area (Å²) in [5.41, 5.74) is 2.53. The zero-order valence-electron chi connectivity index (χ0n) is 55.1. The molecule has 0 radical (unpaired) electrons. The van der Waals surface area contributed by atoms with E-state index in [1.54, 1.807) is 66.7 Å². The standard InChI is InChI=1S/C71H90F2N10O12S2/c1-48(78-70(90)65(52-20-11-9-12-21-52)80-64(86)42-51-40-56(72)44-57(73)41-51)68(88)77-46-50-28-32-54(33-29-50)67(87)53-30-26-49(27-31-53)45-74-36-17-8-6-4-3-5-7-14-25-63(85)75-38-19-39-82(2)97(94,95)62-35-34-55(43-60(62)83(92)93)69(89)76-37-18-10-13-22-58(84)23-15-16-24-61-66-59(47-96-61)79-71(91)81-66/h9,11-12,20-21,26-35,40-41,43-44,48,59,61,65-66,74H,3-8,10,13-19,22-25,36-39,42,45-47H2,1-2H3,(H,75,85)(H,76,89)(H,77,88)(H,78,90)(H,80,86)(H2,79,81,91)/t48-,59-,61-,65-,66-/m0/s1. The number of halogens is 2. The largest absolute Gasteiger partial charge is 0.356 e. The molecule has 7 amide bonds. The quantitative estimate of drug-likeness (QED) is 0.00593. The number of sulfonamides is 1. The first-order chi connectivity index (χ1) is 46.6. The van der Waals surface area contributed by atoms with Crippen LogP contribution in [0.4, 0.5) is 19.3 Å². The zero-order chi connectivity index (χ0) is 69.7. The van der Waals surface area contributed by atoms with E-state index in [1.807, 2.05) is 23.9 Å². The molecule has 0 aliphatic carbocycles. The summed E-state index contributed by atoms with van der Waals surface area (Å²) in [5.74, 6) is -3.24.